The van der Waals surface area contributed by atoms with Crippen molar-refractivity contribution in [1.29, 1.82) is 0 Å². The first-order valence-corrected chi connectivity index (χ1v) is 9.32. The molecule has 2 aromatic rings. The fourth-order valence-corrected chi connectivity index (χ4v) is 4.01. The number of hydrogen-bond donors (Lipinski definition) is 0. The number of amides is 1. The average Bonchev–Trinajstić information content (AvgIpc) is 3.36. The molecule has 134 valence electrons. The van der Waals surface area contributed by atoms with E-state index in [1.165, 1.54) is 17.5 Å². The van der Waals surface area contributed by atoms with E-state index in [9.17, 15) is 4.79 Å². The molecular weight excluding hydrogens is 346 g/mol. The molecule has 26 heavy (non-hydrogen) atoms. The lowest BCUT2D eigenvalue weighted by Gasteiger charge is -2.26. The molecule has 1 heterocycles. The van der Waals surface area contributed by atoms with Crippen LogP contribution in [-0.4, -0.2) is 19.6 Å². The van der Waals surface area contributed by atoms with Crippen LogP contribution in [-0.2, 0) is 16.1 Å². The SMILES string of the molecule is COC[C@H]1C[C@H]1c1ccc2c(c1)CN(C(C)=O)c1ccc(Cl)cc1/C=C\2. The smallest absolute Gasteiger partial charge is 0.224 e. The van der Waals surface area contributed by atoms with Gasteiger partial charge in [-0.05, 0) is 58.7 Å². The van der Waals surface area contributed by atoms with Gasteiger partial charge in [-0.15, -0.1) is 0 Å². The van der Waals surface area contributed by atoms with E-state index < -0.39 is 0 Å². The number of rotatable bonds is 3. The fraction of sp³-hybridized carbons (Fsp3) is 0.318. The normalized spacial score (nSPS) is 22.0. The molecule has 3 nitrogen and oxygen atoms in total. The number of carbonyl (C=O) groups is 1. The Labute approximate surface area is 159 Å². The van der Waals surface area contributed by atoms with Crippen LogP contribution in [0.4, 0.5) is 5.69 Å². The van der Waals surface area contributed by atoms with Gasteiger partial charge in [-0.3, -0.25) is 4.79 Å². The van der Waals surface area contributed by atoms with Crippen LogP contribution in [0.15, 0.2) is 36.4 Å². The van der Waals surface area contributed by atoms with Crippen molar-refractivity contribution in [3.63, 3.8) is 0 Å². The molecule has 1 fully saturated rings. The Morgan fingerprint density at radius 3 is 2.77 bits per heavy atom. The summed E-state index contributed by atoms with van der Waals surface area (Å²) in [5, 5.41) is 0.672. The third-order valence-electron chi connectivity index (χ3n) is 5.33. The molecule has 0 N–H and O–H groups in total. The Balaban J connectivity index is 1.73. The summed E-state index contributed by atoms with van der Waals surface area (Å²) in [6, 6.07) is 12.3. The van der Waals surface area contributed by atoms with E-state index in [2.05, 4.69) is 24.3 Å². The van der Waals surface area contributed by atoms with Crippen LogP contribution in [0.3, 0.4) is 0 Å². The fourth-order valence-electron chi connectivity index (χ4n) is 3.83. The molecular formula is C22H22ClNO2. The van der Waals surface area contributed by atoms with Crippen LogP contribution in [0.25, 0.3) is 12.2 Å². The summed E-state index contributed by atoms with van der Waals surface area (Å²) in [4.78, 5) is 14.2. The zero-order valence-electron chi connectivity index (χ0n) is 15.0. The topological polar surface area (TPSA) is 29.5 Å². The zero-order valence-corrected chi connectivity index (χ0v) is 15.8. The third-order valence-corrected chi connectivity index (χ3v) is 5.57. The number of anilines is 1. The van der Waals surface area contributed by atoms with Gasteiger partial charge in [0.05, 0.1) is 12.2 Å². The summed E-state index contributed by atoms with van der Waals surface area (Å²) in [7, 11) is 1.76. The van der Waals surface area contributed by atoms with Crippen molar-refractivity contribution in [3.8, 4) is 0 Å². The molecule has 2 atom stereocenters. The molecule has 1 aliphatic heterocycles. The summed E-state index contributed by atoms with van der Waals surface area (Å²) in [5.41, 5.74) is 5.54. The maximum absolute atomic E-state index is 12.3. The van der Waals surface area contributed by atoms with Crippen LogP contribution < -0.4 is 4.90 Å². The highest BCUT2D eigenvalue weighted by molar-refractivity contribution is 6.30. The first-order valence-electron chi connectivity index (χ1n) is 8.94. The molecule has 1 aliphatic carbocycles. The predicted octanol–water partition coefficient (Wildman–Crippen LogP) is 5.13. The van der Waals surface area contributed by atoms with Gasteiger partial charge < -0.3 is 9.64 Å². The van der Waals surface area contributed by atoms with Crippen molar-refractivity contribution in [2.24, 2.45) is 5.92 Å². The summed E-state index contributed by atoms with van der Waals surface area (Å²) < 4.78 is 5.29. The summed E-state index contributed by atoms with van der Waals surface area (Å²) in [5.74, 6) is 1.23. The standard InChI is InChI=1S/C22H22ClNO2/c1-14(25)24-12-18-9-16(21-11-19(21)13-26-2)5-3-15(18)4-6-17-10-20(23)7-8-22(17)24/h3-10,19,21H,11-13H2,1-2H3/b6-4-/t19-,21+/m1/s1. The largest absolute Gasteiger partial charge is 0.384 e. The van der Waals surface area contributed by atoms with Gasteiger partial charge >= 0.3 is 0 Å². The summed E-state index contributed by atoms with van der Waals surface area (Å²) >= 11 is 6.15. The van der Waals surface area contributed by atoms with Gasteiger partial charge in [0.1, 0.15) is 0 Å². The Bertz CT molecular complexity index is 890. The number of methoxy groups -OCH3 is 1. The van der Waals surface area contributed by atoms with Crippen molar-refractivity contribution in [2.75, 3.05) is 18.6 Å². The van der Waals surface area contributed by atoms with Gasteiger partial charge in [0.2, 0.25) is 5.91 Å². The van der Waals surface area contributed by atoms with E-state index in [1.807, 2.05) is 29.2 Å². The Morgan fingerprint density at radius 1 is 1.19 bits per heavy atom. The molecule has 1 saturated carbocycles. The molecule has 4 heteroatoms. The zero-order chi connectivity index (χ0) is 18.3. The molecule has 0 unspecified atom stereocenters. The maximum atomic E-state index is 12.3. The highest BCUT2D eigenvalue weighted by Gasteiger charge is 2.38. The third kappa shape index (κ3) is 3.29. The lowest BCUT2D eigenvalue weighted by molar-refractivity contribution is -0.116. The minimum absolute atomic E-state index is 0.0314. The molecule has 1 amide bonds. The van der Waals surface area contributed by atoms with Crippen LogP contribution in [0, 0.1) is 5.92 Å². The predicted molar refractivity (Wildman–Crippen MR) is 106 cm³/mol. The second-order valence-corrected chi connectivity index (χ2v) is 7.59. The molecule has 0 radical (unpaired) electrons. The number of ether oxygens (including phenoxy) is 1. The first-order chi connectivity index (χ1) is 12.6. The Hall–Kier alpha value is -2.10. The van der Waals surface area contributed by atoms with E-state index in [4.69, 9.17) is 16.3 Å². The average molecular weight is 368 g/mol. The first kappa shape index (κ1) is 17.3. The number of halogens is 1. The lowest BCUT2D eigenvalue weighted by Crippen LogP contribution is -2.29. The van der Waals surface area contributed by atoms with Crippen LogP contribution in [0.5, 0.6) is 0 Å². The van der Waals surface area contributed by atoms with Gasteiger partial charge in [-0.1, -0.05) is 42.0 Å². The number of fused-ring (bicyclic) bond motifs is 2. The van der Waals surface area contributed by atoms with Gasteiger partial charge in [0.25, 0.3) is 0 Å². The van der Waals surface area contributed by atoms with E-state index >= 15 is 0 Å². The van der Waals surface area contributed by atoms with Gasteiger partial charge in [0.15, 0.2) is 0 Å². The van der Waals surface area contributed by atoms with Gasteiger partial charge in [0, 0.05) is 25.7 Å². The van der Waals surface area contributed by atoms with E-state index in [1.54, 1.807) is 14.0 Å². The molecule has 0 spiro atoms. The number of carbonyl (C=O) groups excluding carboxylic acids is 1. The van der Waals surface area contributed by atoms with Crippen molar-refractivity contribution < 1.29 is 9.53 Å². The van der Waals surface area contributed by atoms with E-state index in [0.29, 0.717) is 23.4 Å². The molecule has 2 aromatic carbocycles. The van der Waals surface area contributed by atoms with Gasteiger partial charge in [-0.25, -0.2) is 0 Å². The second-order valence-electron chi connectivity index (χ2n) is 7.16. The summed E-state index contributed by atoms with van der Waals surface area (Å²) in [6.07, 6.45) is 5.34. The van der Waals surface area contributed by atoms with Crippen LogP contribution in [0.2, 0.25) is 5.02 Å². The number of benzene rings is 2. The van der Waals surface area contributed by atoms with E-state index in [0.717, 1.165) is 23.4 Å². The highest BCUT2D eigenvalue weighted by atomic mass is 35.5. The minimum Gasteiger partial charge on any atom is -0.384 e. The van der Waals surface area contributed by atoms with Crippen molar-refractivity contribution in [2.45, 2.75) is 25.8 Å². The molecule has 2 aliphatic rings. The lowest BCUT2D eigenvalue weighted by atomic mass is 9.97. The van der Waals surface area contributed by atoms with Crippen LogP contribution >= 0.6 is 11.6 Å². The van der Waals surface area contributed by atoms with Crippen molar-refractivity contribution in [3.05, 3.63) is 63.7 Å². The monoisotopic (exact) mass is 367 g/mol. The maximum Gasteiger partial charge on any atom is 0.224 e. The highest BCUT2D eigenvalue weighted by Crippen LogP contribution is 2.48. The Morgan fingerprint density at radius 2 is 2.00 bits per heavy atom. The number of hydrogen-bond acceptors (Lipinski definition) is 2. The molecule has 0 aromatic heterocycles. The quantitative estimate of drug-likeness (QED) is 0.752. The summed E-state index contributed by atoms with van der Waals surface area (Å²) in [6.45, 7) is 3.00. The van der Waals surface area contributed by atoms with Crippen molar-refractivity contribution in [1.82, 2.24) is 0 Å². The molecule has 4 rings (SSSR count). The number of nitrogens with zero attached hydrogens (tertiary/aromatic N) is 1. The Kier molecular flexibility index (Phi) is 4.60. The molecule has 0 saturated heterocycles. The van der Waals surface area contributed by atoms with E-state index in [-0.39, 0.29) is 5.91 Å². The van der Waals surface area contributed by atoms with Gasteiger partial charge in [-0.2, -0.15) is 0 Å². The minimum atomic E-state index is 0.0314. The van der Waals surface area contributed by atoms with Crippen LogP contribution in [0.1, 0.15) is 41.5 Å². The molecule has 0 bridgehead atoms. The second kappa shape index (κ2) is 6.90. The van der Waals surface area contributed by atoms with Crippen molar-refractivity contribution >= 4 is 35.3 Å².